The van der Waals surface area contributed by atoms with Crippen molar-refractivity contribution in [1.29, 1.82) is 0 Å². The van der Waals surface area contributed by atoms with E-state index >= 15 is 0 Å². The van der Waals surface area contributed by atoms with Gasteiger partial charge < -0.3 is 10.2 Å². The molecule has 2 aromatic rings. The zero-order valence-electron chi connectivity index (χ0n) is 10.9. The number of hydrogen-bond donors (Lipinski definition) is 1. The van der Waals surface area contributed by atoms with Crippen molar-refractivity contribution in [3.05, 3.63) is 48.0 Å². The highest BCUT2D eigenvalue weighted by Gasteiger charge is 2.14. The summed E-state index contributed by atoms with van der Waals surface area (Å²) in [7, 11) is 4.14. The highest BCUT2D eigenvalue weighted by Crippen LogP contribution is 2.33. The fraction of sp³-hybridized carbons (Fsp3) is 0.250. The molecule has 0 unspecified atom stereocenters. The number of nitrogens with one attached hydrogen (secondary N) is 1. The molecule has 0 aliphatic carbocycles. The smallest absolute Gasteiger partial charge is 0.0379 e. The summed E-state index contributed by atoms with van der Waals surface area (Å²) in [5.74, 6) is 0. The minimum absolute atomic E-state index is 1.06. The third-order valence-corrected chi connectivity index (χ3v) is 3.56. The molecule has 0 saturated carbocycles. The van der Waals surface area contributed by atoms with Crippen LogP contribution in [0.2, 0.25) is 0 Å². The third-order valence-electron chi connectivity index (χ3n) is 3.56. The van der Waals surface area contributed by atoms with E-state index in [2.05, 4.69) is 66.8 Å². The number of fused-ring (bicyclic) bond motifs is 1. The van der Waals surface area contributed by atoms with E-state index in [4.69, 9.17) is 0 Å². The van der Waals surface area contributed by atoms with E-state index in [0.29, 0.717) is 0 Å². The monoisotopic (exact) mass is 238 g/mol. The lowest BCUT2D eigenvalue weighted by Gasteiger charge is -2.13. The Morgan fingerprint density at radius 1 is 1.00 bits per heavy atom. The van der Waals surface area contributed by atoms with Gasteiger partial charge in [0.2, 0.25) is 0 Å². The molecular formula is C16H18N2. The Hall–Kier alpha value is -1.96. The molecule has 92 valence electrons. The second kappa shape index (κ2) is 4.37. The van der Waals surface area contributed by atoms with E-state index in [0.717, 1.165) is 13.0 Å². The lowest BCUT2D eigenvalue weighted by Crippen LogP contribution is -2.07. The maximum Gasteiger partial charge on any atom is 0.0379 e. The topological polar surface area (TPSA) is 15.3 Å². The Labute approximate surface area is 108 Å². The highest BCUT2D eigenvalue weighted by atomic mass is 15.1. The molecule has 1 aliphatic heterocycles. The predicted molar refractivity (Wildman–Crippen MR) is 78.4 cm³/mol. The molecule has 2 aromatic carbocycles. The van der Waals surface area contributed by atoms with Gasteiger partial charge in [-0.3, -0.25) is 0 Å². The van der Waals surface area contributed by atoms with Gasteiger partial charge in [0.05, 0.1) is 0 Å². The first-order chi connectivity index (χ1) is 8.75. The van der Waals surface area contributed by atoms with Gasteiger partial charge in [-0.05, 0) is 41.3 Å². The summed E-state index contributed by atoms with van der Waals surface area (Å²) in [4.78, 5) is 2.13. The molecule has 2 heteroatoms. The normalized spacial score (nSPS) is 13.0. The van der Waals surface area contributed by atoms with Gasteiger partial charge in [0, 0.05) is 32.0 Å². The minimum Gasteiger partial charge on any atom is -0.384 e. The molecule has 2 nitrogen and oxygen atoms in total. The number of benzene rings is 2. The molecule has 1 N–H and O–H groups in total. The molecule has 1 heterocycles. The molecule has 0 amide bonds. The fourth-order valence-electron chi connectivity index (χ4n) is 2.55. The summed E-state index contributed by atoms with van der Waals surface area (Å²) in [6, 6.07) is 15.3. The molecule has 0 fully saturated rings. The van der Waals surface area contributed by atoms with Crippen LogP contribution in [-0.2, 0) is 6.42 Å². The fourth-order valence-corrected chi connectivity index (χ4v) is 2.55. The zero-order valence-corrected chi connectivity index (χ0v) is 10.9. The van der Waals surface area contributed by atoms with Gasteiger partial charge in [-0.15, -0.1) is 0 Å². The van der Waals surface area contributed by atoms with Gasteiger partial charge in [-0.25, -0.2) is 0 Å². The summed E-state index contributed by atoms with van der Waals surface area (Å²) < 4.78 is 0. The van der Waals surface area contributed by atoms with E-state index in [1.807, 2.05) is 0 Å². The molecule has 18 heavy (non-hydrogen) atoms. The predicted octanol–water partition coefficient (Wildman–Crippen LogP) is 3.39. The highest BCUT2D eigenvalue weighted by molar-refractivity contribution is 5.76. The van der Waals surface area contributed by atoms with Crippen LogP contribution in [0.5, 0.6) is 0 Å². The number of rotatable bonds is 2. The summed E-state index contributed by atoms with van der Waals surface area (Å²) >= 11 is 0. The molecule has 0 radical (unpaired) electrons. The summed E-state index contributed by atoms with van der Waals surface area (Å²) in [6.45, 7) is 1.06. The van der Waals surface area contributed by atoms with Crippen LogP contribution >= 0.6 is 0 Å². The average Bonchev–Trinajstić information content (AvgIpc) is 2.87. The van der Waals surface area contributed by atoms with Gasteiger partial charge in [0.15, 0.2) is 0 Å². The third kappa shape index (κ3) is 1.84. The van der Waals surface area contributed by atoms with Crippen molar-refractivity contribution in [2.75, 3.05) is 30.9 Å². The number of nitrogens with zero attached hydrogens (tertiary/aromatic N) is 1. The molecular weight excluding hydrogens is 220 g/mol. The first-order valence-electron chi connectivity index (χ1n) is 6.39. The van der Waals surface area contributed by atoms with Crippen molar-refractivity contribution in [3.63, 3.8) is 0 Å². The standard InChI is InChI=1S/C16H18N2/c1-18(2)13-8-6-12(7-9-13)14-4-3-5-16-15(14)10-11-17-16/h3-9,17H,10-11H2,1-2H3. The van der Waals surface area contributed by atoms with E-state index in [-0.39, 0.29) is 0 Å². The maximum atomic E-state index is 3.43. The van der Waals surface area contributed by atoms with Crippen molar-refractivity contribution >= 4 is 11.4 Å². The molecule has 0 aromatic heterocycles. The second-order valence-electron chi connectivity index (χ2n) is 4.95. The van der Waals surface area contributed by atoms with Gasteiger partial charge in [0.1, 0.15) is 0 Å². The molecule has 1 aliphatic rings. The Balaban J connectivity index is 2.03. The van der Waals surface area contributed by atoms with Gasteiger partial charge in [0.25, 0.3) is 0 Å². The Kier molecular flexibility index (Phi) is 2.71. The van der Waals surface area contributed by atoms with Crippen LogP contribution in [0.4, 0.5) is 11.4 Å². The Bertz CT molecular complexity index is 556. The van der Waals surface area contributed by atoms with Gasteiger partial charge in [-0.1, -0.05) is 24.3 Å². The molecule has 0 spiro atoms. The Morgan fingerprint density at radius 2 is 1.78 bits per heavy atom. The van der Waals surface area contributed by atoms with Crippen LogP contribution in [-0.4, -0.2) is 20.6 Å². The minimum atomic E-state index is 1.06. The first-order valence-corrected chi connectivity index (χ1v) is 6.39. The van der Waals surface area contributed by atoms with Crippen LogP contribution in [0, 0.1) is 0 Å². The summed E-state index contributed by atoms with van der Waals surface area (Å²) in [5, 5.41) is 3.43. The van der Waals surface area contributed by atoms with E-state index in [1.165, 1.54) is 28.1 Å². The van der Waals surface area contributed by atoms with Crippen molar-refractivity contribution < 1.29 is 0 Å². The summed E-state index contributed by atoms with van der Waals surface area (Å²) in [5.41, 5.74) is 6.66. The van der Waals surface area contributed by atoms with Crippen LogP contribution in [0.25, 0.3) is 11.1 Å². The quantitative estimate of drug-likeness (QED) is 0.862. The SMILES string of the molecule is CN(C)c1ccc(-c2cccc3c2CCN3)cc1. The number of anilines is 2. The van der Waals surface area contributed by atoms with Crippen LogP contribution in [0.1, 0.15) is 5.56 Å². The van der Waals surface area contributed by atoms with Crippen molar-refractivity contribution in [3.8, 4) is 11.1 Å². The van der Waals surface area contributed by atoms with E-state index < -0.39 is 0 Å². The van der Waals surface area contributed by atoms with Crippen molar-refractivity contribution in [2.45, 2.75) is 6.42 Å². The van der Waals surface area contributed by atoms with Crippen LogP contribution in [0.15, 0.2) is 42.5 Å². The first kappa shape index (κ1) is 11.1. The van der Waals surface area contributed by atoms with Crippen LogP contribution in [0.3, 0.4) is 0 Å². The van der Waals surface area contributed by atoms with E-state index in [1.54, 1.807) is 0 Å². The molecule has 0 atom stereocenters. The van der Waals surface area contributed by atoms with Gasteiger partial charge in [-0.2, -0.15) is 0 Å². The zero-order chi connectivity index (χ0) is 12.5. The van der Waals surface area contributed by atoms with Crippen molar-refractivity contribution in [2.24, 2.45) is 0 Å². The number of hydrogen-bond acceptors (Lipinski definition) is 2. The van der Waals surface area contributed by atoms with Crippen LogP contribution < -0.4 is 10.2 Å². The largest absolute Gasteiger partial charge is 0.384 e. The lowest BCUT2D eigenvalue weighted by molar-refractivity contribution is 1.11. The maximum absolute atomic E-state index is 3.43. The molecule has 3 rings (SSSR count). The van der Waals surface area contributed by atoms with E-state index in [9.17, 15) is 0 Å². The second-order valence-corrected chi connectivity index (χ2v) is 4.95. The Morgan fingerprint density at radius 3 is 2.50 bits per heavy atom. The lowest BCUT2D eigenvalue weighted by atomic mass is 9.98. The van der Waals surface area contributed by atoms with Gasteiger partial charge >= 0.3 is 0 Å². The molecule has 0 saturated heterocycles. The molecule has 0 bridgehead atoms. The summed E-state index contributed by atoms with van der Waals surface area (Å²) in [6.07, 6.45) is 1.13. The average molecular weight is 238 g/mol. The van der Waals surface area contributed by atoms with Crippen molar-refractivity contribution in [1.82, 2.24) is 0 Å².